The highest BCUT2D eigenvalue weighted by atomic mass is 32.1. The van der Waals surface area contributed by atoms with Gasteiger partial charge < -0.3 is 5.73 Å². The minimum Gasteiger partial charge on any atom is -0.319 e. The van der Waals surface area contributed by atoms with Crippen molar-refractivity contribution in [3.63, 3.8) is 0 Å². The van der Waals surface area contributed by atoms with Gasteiger partial charge in [-0.2, -0.15) is 0 Å². The maximum atomic E-state index is 6.38. The van der Waals surface area contributed by atoms with E-state index in [1.54, 1.807) is 11.3 Å². The van der Waals surface area contributed by atoms with Crippen LogP contribution < -0.4 is 5.73 Å². The summed E-state index contributed by atoms with van der Waals surface area (Å²) < 4.78 is 0. The molecule has 1 heterocycles. The molecule has 0 saturated heterocycles. The van der Waals surface area contributed by atoms with E-state index in [0.717, 1.165) is 29.1 Å². The van der Waals surface area contributed by atoms with E-state index < -0.39 is 0 Å². The van der Waals surface area contributed by atoms with E-state index in [0.29, 0.717) is 0 Å². The van der Waals surface area contributed by atoms with Gasteiger partial charge in [0.2, 0.25) is 0 Å². The molecule has 0 unspecified atom stereocenters. The third kappa shape index (κ3) is 2.47. The van der Waals surface area contributed by atoms with Crippen LogP contribution in [0.3, 0.4) is 0 Å². The molecule has 96 valence electrons. The molecule has 1 aromatic carbocycles. The topological polar surface area (TPSA) is 38.9 Å². The molecule has 0 amide bonds. The van der Waals surface area contributed by atoms with E-state index in [1.165, 1.54) is 5.56 Å². The molecule has 0 atom stereocenters. The van der Waals surface area contributed by atoms with Crippen molar-refractivity contribution in [2.75, 3.05) is 0 Å². The molecule has 2 aromatic rings. The zero-order valence-corrected chi connectivity index (χ0v) is 12.1. The normalized spacial score (nSPS) is 11.8. The number of benzene rings is 1. The Morgan fingerprint density at radius 1 is 1.17 bits per heavy atom. The lowest BCUT2D eigenvalue weighted by Crippen LogP contribution is -2.34. The van der Waals surface area contributed by atoms with Crippen LogP contribution in [0.5, 0.6) is 0 Å². The van der Waals surface area contributed by atoms with E-state index in [2.05, 4.69) is 50.4 Å². The molecule has 0 aliphatic heterocycles. The summed E-state index contributed by atoms with van der Waals surface area (Å²) in [5.41, 5.74) is 9.58. The number of rotatable bonds is 4. The Kier molecular flexibility index (Phi) is 3.83. The summed E-state index contributed by atoms with van der Waals surface area (Å²) in [7, 11) is 0. The number of hydrogen-bond donors (Lipinski definition) is 1. The van der Waals surface area contributed by atoms with Crippen LogP contribution in [-0.2, 0) is 5.54 Å². The smallest absolute Gasteiger partial charge is 0.113 e. The summed E-state index contributed by atoms with van der Waals surface area (Å²) in [6.07, 6.45) is 1.84. The molecule has 18 heavy (non-hydrogen) atoms. The zero-order chi connectivity index (χ0) is 13.2. The molecule has 0 fully saturated rings. The quantitative estimate of drug-likeness (QED) is 0.899. The molecule has 2 N–H and O–H groups in total. The molecule has 2 nitrogen and oxygen atoms in total. The fourth-order valence-corrected chi connectivity index (χ4v) is 3.00. The van der Waals surface area contributed by atoms with Crippen molar-refractivity contribution in [1.82, 2.24) is 4.98 Å². The highest BCUT2D eigenvalue weighted by Gasteiger charge is 2.26. The maximum Gasteiger partial charge on any atom is 0.113 e. The molecule has 0 radical (unpaired) electrons. The van der Waals surface area contributed by atoms with Crippen LogP contribution in [-0.4, -0.2) is 4.98 Å². The number of thiazole rings is 1. The lowest BCUT2D eigenvalue weighted by Gasteiger charge is -2.23. The number of aryl methyl sites for hydroxylation is 1. The Hall–Kier alpha value is -1.19. The summed E-state index contributed by atoms with van der Waals surface area (Å²) in [5, 5.41) is 3.15. The van der Waals surface area contributed by atoms with Gasteiger partial charge in [0.15, 0.2) is 0 Å². The lowest BCUT2D eigenvalue weighted by atomic mass is 9.95. The van der Waals surface area contributed by atoms with E-state index in [-0.39, 0.29) is 5.54 Å². The summed E-state index contributed by atoms with van der Waals surface area (Å²) in [4.78, 5) is 4.72. The molecule has 0 spiro atoms. The average molecular weight is 260 g/mol. The van der Waals surface area contributed by atoms with E-state index in [9.17, 15) is 0 Å². The second-order valence-corrected chi connectivity index (χ2v) is 5.63. The second-order valence-electron chi connectivity index (χ2n) is 4.77. The highest BCUT2D eigenvalue weighted by molar-refractivity contribution is 7.10. The molecule has 1 aromatic heterocycles. The number of hydrogen-bond acceptors (Lipinski definition) is 3. The van der Waals surface area contributed by atoms with Gasteiger partial charge in [-0.15, -0.1) is 11.3 Å². The minimum absolute atomic E-state index is 0.270. The minimum atomic E-state index is -0.270. The van der Waals surface area contributed by atoms with Gasteiger partial charge in [-0.3, -0.25) is 0 Å². The number of aromatic nitrogens is 1. The van der Waals surface area contributed by atoms with E-state index in [4.69, 9.17) is 10.7 Å². The van der Waals surface area contributed by atoms with Crippen LogP contribution in [0.15, 0.2) is 29.6 Å². The molecule has 3 heteroatoms. The largest absolute Gasteiger partial charge is 0.319 e. The van der Waals surface area contributed by atoms with Crippen LogP contribution in [0.2, 0.25) is 0 Å². The predicted molar refractivity (Wildman–Crippen MR) is 78.7 cm³/mol. The van der Waals surface area contributed by atoms with Crippen molar-refractivity contribution in [1.29, 1.82) is 0 Å². The molecule has 0 bridgehead atoms. The third-order valence-corrected chi connectivity index (χ3v) is 4.60. The van der Waals surface area contributed by atoms with Gasteiger partial charge in [-0.05, 0) is 19.8 Å². The van der Waals surface area contributed by atoms with Gasteiger partial charge in [0, 0.05) is 10.9 Å². The summed E-state index contributed by atoms with van der Waals surface area (Å²) in [6.45, 7) is 6.34. The first-order chi connectivity index (χ1) is 8.59. The van der Waals surface area contributed by atoms with Gasteiger partial charge in [-0.1, -0.05) is 43.7 Å². The summed E-state index contributed by atoms with van der Waals surface area (Å²) in [6, 6.07) is 8.46. The standard InChI is InChI=1S/C15H20N2S/c1-4-15(16,5-2)14-17-13(10-18-14)12-8-6-11(3)7-9-12/h6-10H,4-5,16H2,1-3H3. The molecule has 0 saturated carbocycles. The zero-order valence-electron chi connectivity index (χ0n) is 11.2. The van der Waals surface area contributed by atoms with Crippen LogP contribution in [0.25, 0.3) is 11.3 Å². The van der Waals surface area contributed by atoms with Crippen molar-refractivity contribution in [3.8, 4) is 11.3 Å². The average Bonchev–Trinajstić information content (AvgIpc) is 2.89. The van der Waals surface area contributed by atoms with Crippen molar-refractivity contribution in [2.24, 2.45) is 5.73 Å². The Bertz CT molecular complexity index is 510. The van der Waals surface area contributed by atoms with Crippen molar-refractivity contribution in [2.45, 2.75) is 39.2 Å². The number of nitrogens with zero attached hydrogens (tertiary/aromatic N) is 1. The Labute approximate surface area is 113 Å². The Morgan fingerprint density at radius 2 is 1.78 bits per heavy atom. The van der Waals surface area contributed by atoms with Crippen LogP contribution in [0.4, 0.5) is 0 Å². The molecular weight excluding hydrogens is 240 g/mol. The van der Waals surface area contributed by atoms with E-state index >= 15 is 0 Å². The Balaban J connectivity index is 2.33. The maximum absolute atomic E-state index is 6.38. The van der Waals surface area contributed by atoms with Crippen LogP contribution >= 0.6 is 11.3 Å². The van der Waals surface area contributed by atoms with Gasteiger partial charge in [0.05, 0.1) is 11.2 Å². The first kappa shape index (κ1) is 13.2. The first-order valence-corrected chi connectivity index (χ1v) is 7.29. The molecule has 0 aliphatic rings. The predicted octanol–water partition coefficient (Wildman–Crippen LogP) is 4.09. The third-order valence-electron chi connectivity index (χ3n) is 3.54. The number of nitrogens with two attached hydrogens (primary N) is 1. The summed E-state index contributed by atoms with van der Waals surface area (Å²) in [5.74, 6) is 0. The summed E-state index contributed by atoms with van der Waals surface area (Å²) >= 11 is 1.67. The van der Waals surface area contributed by atoms with Crippen molar-refractivity contribution in [3.05, 3.63) is 40.2 Å². The highest BCUT2D eigenvalue weighted by Crippen LogP contribution is 2.31. The molecular formula is C15H20N2S. The van der Waals surface area contributed by atoms with Crippen LogP contribution in [0, 0.1) is 6.92 Å². The first-order valence-electron chi connectivity index (χ1n) is 6.41. The van der Waals surface area contributed by atoms with Crippen molar-refractivity contribution < 1.29 is 0 Å². The Morgan fingerprint density at radius 3 is 2.33 bits per heavy atom. The van der Waals surface area contributed by atoms with Crippen LogP contribution in [0.1, 0.15) is 37.3 Å². The monoisotopic (exact) mass is 260 g/mol. The SMILES string of the molecule is CCC(N)(CC)c1nc(-c2ccc(C)cc2)cs1. The lowest BCUT2D eigenvalue weighted by molar-refractivity contribution is 0.411. The molecule has 0 aliphatic carbocycles. The fourth-order valence-electron chi connectivity index (χ4n) is 1.91. The second kappa shape index (κ2) is 5.21. The van der Waals surface area contributed by atoms with Crippen molar-refractivity contribution >= 4 is 11.3 Å². The molecule has 2 rings (SSSR count). The van der Waals surface area contributed by atoms with Gasteiger partial charge >= 0.3 is 0 Å². The van der Waals surface area contributed by atoms with Gasteiger partial charge in [0.1, 0.15) is 5.01 Å². The fraction of sp³-hybridized carbons (Fsp3) is 0.400. The van der Waals surface area contributed by atoms with Gasteiger partial charge in [0.25, 0.3) is 0 Å². The van der Waals surface area contributed by atoms with Gasteiger partial charge in [-0.25, -0.2) is 4.98 Å². The van der Waals surface area contributed by atoms with E-state index in [1.807, 2.05) is 0 Å².